The summed E-state index contributed by atoms with van der Waals surface area (Å²) in [6.07, 6.45) is 2.22. The van der Waals surface area contributed by atoms with Gasteiger partial charge in [-0.2, -0.15) is 5.10 Å². The molecular formula is C23H27ClN4O5. The highest BCUT2D eigenvalue weighted by molar-refractivity contribution is 6.35. The number of ether oxygens (including phenoxy) is 2. The molecule has 0 saturated heterocycles. The largest absolute Gasteiger partial charge is 0.490 e. The fourth-order valence-electron chi connectivity index (χ4n) is 2.68. The fraction of sp³-hybridized carbons (Fsp3) is 0.304. The molecule has 0 unspecified atom stereocenters. The molecule has 3 amide bonds. The first-order valence-corrected chi connectivity index (χ1v) is 10.8. The first-order valence-electron chi connectivity index (χ1n) is 10.5. The SMILES string of the molecule is CCNC(=O)C(=O)N/N=C\c1cc(Cl)c(OCC(=O)Nc2ccc(CC)cc2)c(OCC)c1. The molecule has 0 radical (unpaired) electrons. The Morgan fingerprint density at radius 3 is 2.39 bits per heavy atom. The van der Waals surface area contributed by atoms with Crippen molar-refractivity contribution in [1.82, 2.24) is 10.7 Å². The van der Waals surface area contributed by atoms with E-state index >= 15 is 0 Å². The molecule has 33 heavy (non-hydrogen) atoms. The van der Waals surface area contributed by atoms with E-state index in [1.165, 1.54) is 17.8 Å². The number of aryl methyl sites for hydroxylation is 1. The number of hydrazone groups is 1. The van der Waals surface area contributed by atoms with Crippen LogP contribution < -0.4 is 25.5 Å². The van der Waals surface area contributed by atoms with Crippen LogP contribution in [0.15, 0.2) is 41.5 Å². The van der Waals surface area contributed by atoms with Crippen LogP contribution in [0.2, 0.25) is 5.02 Å². The molecule has 2 aromatic carbocycles. The topological polar surface area (TPSA) is 118 Å². The predicted molar refractivity (Wildman–Crippen MR) is 127 cm³/mol. The number of amides is 3. The maximum atomic E-state index is 12.3. The van der Waals surface area contributed by atoms with Gasteiger partial charge in [0.05, 0.1) is 17.8 Å². The minimum atomic E-state index is -0.889. The fourth-order valence-corrected chi connectivity index (χ4v) is 2.95. The van der Waals surface area contributed by atoms with E-state index in [1.54, 1.807) is 19.9 Å². The third kappa shape index (κ3) is 8.12. The monoisotopic (exact) mass is 474 g/mol. The number of hydrogen-bond acceptors (Lipinski definition) is 6. The Balaban J connectivity index is 2.04. The molecule has 0 aromatic heterocycles. The number of carbonyl (C=O) groups is 3. The van der Waals surface area contributed by atoms with Crippen LogP contribution in [-0.4, -0.2) is 43.7 Å². The van der Waals surface area contributed by atoms with Gasteiger partial charge in [-0.15, -0.1) is 0 Å². The van der Waals surface area contributed by atoms with Gasteiger partial charge in [-0.25, -0.2) is 5.43 Å². The van der Waals surface area contributed by atoms with Crippen molar-refractivity contribution in [2.75, 3.05) is 25.1 Å². The number of hydrogen-bond donors (Lipinski definition) is 3. The van der Waals surface area contributed by atoms with E-state index in [-0.39, 0.29) is 23.3 Å². The lowest BCUT2D eigenvalue weighted by Crippen LogP contribution is -2.37. The van der Waals surface area contributed by atoms with Crippen molar-refractivity contribution >= 4 is 41.2 Å². The zero-order valence-electron chi connectivity index (χ0n) is 18.7. The molecule has 0 aliphatic rings. The maximum Gasteiger partial charge on any atom is 0.329 e. The molecule has 0 fully saturated rings. The lowest BCUT2D eigenvalue weighted by atomic mass is 10.1. The van der Waals surface area contributed by atoms with Crippen LogP contribution in [0.1, 0.15) is 31.9 Å². The van der Waals surface area contributed by atoms with Crippen LogP contribution in [0.4, 0.5) is 5.69 Å². The molecule has 10 heteroatoms. The summed E-state index contributed by atoms with van der Waals surface area (Å²) < 4.78 is 11.2. The minimum absolute atomic E-state index is 0.192. The van der Waals surface area contributed by atoms with Crippen molar-refractivity contribution in [1.29, 1.82) is 0 Å². The highest BCUT2D eigenvalue weighted by Gasteiger charge is 2.15. The molecule has 0 bridgehead atoms. The van der Waals surface area contributed by atoms with E-state index < -0.39 is 11.8 Å². The van der Waals surface area contributed by atoms with Crippen LogP contribution in [0.5, 0.6) is 11.5 Å². The summed E-state index contributed by atoms with van der Waals surface area (Å²) in [6, 6.07) is 10.7. The highest BCUT2D eigenvalue weighted by atomic mass is 35.5. The third-order valence-electron chi connectivity index (χ3n) is 4.25. The number of rotatable bonds is 10. The molecule has 176 valence electrons. The Morgan fingerprint density at radius 2 is 1.76 bits per heavy atom. The molecule has 9 nitrogen and oxygen atoms in total. The van der Waals surface area contributed by atoms with Crippen LogP contribution in [0.25, 0.3) is 0 Å². The lowest BCUT2D eigenvalue weighted by Gasteiger charge is -2.14. The van der Waals surface area contributed by atoms with E-state index in [0.29, 0.717) is 30.2 Å². The van der Waals surface area contributed by atoms with Crippen LogP contribution >= 0.6 is 11.6 Å². The molecule has 2 aromatic rings. The number of carbonyl (C=O) groups excluding carboxylic acids is 3. The third-order valence-corrected chi connectivity index (χ3v) is 4.53. The molecule has 3 N–H and O–H groups in total. The van der Waals surface area contributed by atoms with Gasteiger partial charge in [-0.05, 0) is 55.7 Å². The molecule has 2 rings (SSSR count). The van der Waals surface area contributed by atoms with Crippen LogP contribution in [-0.2, 0) is 20.8 Å². The van der Waals surface area contributed by atoms with Gasteiger partial charge in [0, 0.05) is 12.2 Å². The predicted octanol–water partition coefficient (Wildman–Crippen LogP) is 2.90. The summed E-state index contributed by atoms with van der Waals surface area (Å²) >= 11 is 6.33. The molecule has 0 saturated carbocycles. The minimum Gasteiger partial charge on any atom is -0.490 e. The van der Waals surface area contributed by atoms with Gasteiger partial charge in [-0.3, -0.25) is 14.4 Å². The van der Waals surface area contributed by atoms with Crippen molar-refractivity contribution in [3.05, 3.63) is 52.5 Å². The van der Waals surface area contributed by atoms with Gasteiger partial charge in [0.1, 0.15) is 0 Å². The number of nitrogens with one attached hydrogen (secondary N) is 3. The number of likely N-dealkylation sites (N-methyl/N-ethyl adjacent to an activating group) is 1. The zero-order valence-corrected chi connectivity index (χ0v) is 19.5. The van der Waals surface area contributed by atoms with Gasteiger partial charge in [-0.1, -0.05) is 30.7 Å². The van der Waals surface area contributed by atoms with Crippen molar-refractivity contribution < 1.29 is 23.9 Å². The highest BCUT2D eigenvalue weighted by Crippen LogP contribution is 2.36. The summed E-state index contributed by atoms with van der Waals surface area (Å²) in [5.41, 5.74) is 4.45. The second-order valence-electron chi connectivity index (χ2n) is 6.71. The molecule has 0 aliphatic carbocycles. The Kier molecular flexibility index (Phi) is 10.2. The molecule has 0 spiro atoms. The summed E-state index contributed by atoms with van der Waals surface area (Å²) in [6.45, 7) is 5.93. The summed E-state index contributed by atoms with van der Waals surface area (Å²) in [7, 11) is 0. The van der Waals surface area contributed by atoms with Crippen molar-refractivity contribution in [2.24, 2.45) is 5.10 Å². The van der Waals surface area contributed by atoms with Crippen LogP contribution in [0.3, 0.4) is 0 Å². The first-order chi connectivity index (χ1) is 15.9. The quantitative estimate of drug-likeness (QED) is 0.278. The first kappa shape index (κ1) is 25.7. The number of nitrogens with zero attached hydrogens (tertiary/aromatic N) is 1. The van der Waals surface area contributed by atoms with Crippen LogP contribution in [0, 0.1) is 0 Å². The molecule has 0 aliphatic heterocycles. The number of anilines is 1. The molecule has 0 atom stereocenters. The van der Waals surface area contributed by atoms with Gasteiger partial charge in [0.25, 0.3) is 5.91 Å². The molecule has 0 heterocycles. The number of halogens is 1. The standard InChI is InChI=1S/C23H27ClN4O5/c1-4-15-7-9-17(10-8-15)27-20(29)14-33-21-18(24)11-16(12-19(21)32-6-3)13-26-28-23(31)22(30)25-5-2/h7-13H,4-6,14H2,1-3H3,(H,25,30)(H,27,29)(H,28,31)/b26-13-. The summed E-state index contributed by atoms with van der Waals surface area (Å²) in [5.74, 6) is -1.51. The van der Waals surface area contributed by atoms with Crippen molar-refractivity contribution in [2.45, 2.75) is 27.2 Å². The van der Waals surface area contributed by atoms with Crippen molar-refractivity contribution in [3.8, 4) is 11.5 Å². The Morgan fingerprint density at radius 1 is 1.03 bits per heavy atom. The average molecular weight is 475 g/mol. The van der Waals surface area contributed by atoms with Gasteiger partial charge in [0.15, 0.2) is 18.1 Å². The Labute approximate surface area is 197 Å². The van der Waals surface area contributed by atoms with E-state index in [2.05, 4.69) is 28.1 Å². The second-order valence-corrected chi connectivity index (χ2v) is 7.12. The van der Waals surface area contributed by atoms with E-state index in [0.717, 1.165) is 6.42 Å². The smallest absolute Gasteiger partial charge is 0.329 e. The van der Waals surface area contributed by atoms with Crippen molar-refractivity contribution in [3.63, 3.8) is 0 Å². The second kappa shape index (κ2) is 13.1. The average Bonchev–Trinajstić information content (AvgIpc) is 2.79. The van der Waals surface area contributed by atoms with E-state index in [9.17, 15) is 14.4 Å². The number of benzene rings is 2. The summed E-state index contributed by atoms with van der Waals surface area (Å²) in [4.78, 5) is 35.3. The molecular weight excluding hydrogens is 448 g/mol. The van der Waals surface area contributed by atoms with Gasteiger partial charge >= 0.3 is 11.8 Å². The summed E-state index contributed by atoms with van der Waals surface area (Å²) in [5, 5.41) is 9.06. The lowest BCUT2D eigenvalue weighted by molar-refractivity contribution is -0.139. The van der Waals surface area contributed by atoms with E-state index in [4.69, 9.17) is 21.1 Å². The van der Waals surface area contributed by atoms with Gasteiger partial charge in [0.2, 0.25) is 0 Å². The zero-order chi connectivity index (χ0) is 24.2. The normalized spacial score (nSPS) is 10.5. The van der Waals surface area contributed by atoms with E-state index in [1.807, 2.05) is 24.3 Å². The Hall–Kier alpha value is -3.59. The van der Waals surface area contributed by atoms with Gasteiger partial charge < -0.3 is 20.1 Å². The maximum absolute atomic E-state index is 12.3. The Bertz CT molecular complexity index is 1010.